The zero-order chi connectivity index (χ0) is 24.7. The summed E-state index contributed by atoms with van der Waals surface area (Å²) < 4.78 is 9.29. The van der Waals surface area contributed by atoms with Crippen molar-refractivity contribution in [2.45, 2.75) is 13.8 Å². The number of halogens is 1. The Balaban J connectivity index is 1.58. The van der Waals surface area contributed by atoms with Crippen LogP contribution in [0.3, 0.4) is 0 Å². The van der Waals surface area contributed by atoms with Crippen molar-refractivity contribution in [1.82, 2.24) is 24.2 Å². The highest BCUT2D eigenvalue weighted by Crippen LogP contribution is 2.22. The van der Waals surface area contributed by atoms with Gasteiger partial charge in [0.1, 0.15) is 4.66 Å². The number of hydrogen-bond donors (Lipinski definition) is 2. The van der Waals surface area contributed by atoms with Gasteiger partial charge in [0, 0.05) is 41.3 Å². The van der Waals surface area contributed by atoms with E-state index in [0.29, 0.717) is 41.1 Å². The number of carbonyl (C=O) groups is 1. The number of ether oxygens (including phenoxy) is 1. The van der Waals surface area contributed by atoms with Crippen molar-refractivity contribution < 1.29 is 9.53 Å². The van der Waals surface area contributed by atoms with Gasteiger partial charge >= 0.3 is 0 Å². The first kappa shape index (κ1) is 23.3. The van der Waals surface area contributed by atoms with E-state index in [1.54, 1.807) is 11.0 Å². The number of hydrogen-bond acceptors (Lipinski definition) is 6. The second kappa shape index (κ2) is 9.29. The fraction of sp³-hybridized carbons (Fsp3) is 0.250. The van der Waals surface area contributed by atoms with Crippen LogP contribution in [-0.2, 0) is 9.53 Å². The largest absolute Gasteiger partial charge is 0.378 e. The van der Waals surface area contributed by atoms with Gasteiger partial charge in [0.15, 0.2) is 5.49 Å². The maximum Gasteiger partial charge on any atom is 0.283 e. The molecule has 1 fully saturated rings. The summed E-state index contributed by atoms with van der Waals surface area (Å²) in [4.78, 5) is 31.3. The summed E-state index contributed by atoms with van der Waals surface area (Å²) in [6.07, 6.45) is 3.16. The molecule has 1 aromatic carbocycles. The molecule has 0 atom stereocenters. The maximum absolute atomic E-state index is 12.8. The average molecular weight is 511 g/mol. The van der Waals surface area contributed by atoms with E-state index < -0.39 is 5.56 Å². The summed E-state index contributed by atoms with van der Waals surface area (Å²) in [5.74, 6) is -0.146. The van der Waals surface area contributed by atoms with Crippen molar-refractivity contribution in [2.75, 3.05) is 26.3 Å². The van der Waals surface area contributed by atoms with Gasteiger partial charge in [0.2, 0.25) is 11.0 Å². The maximum atomic E-state index is 12.8. The van der Waals surface area contributed by atoms with Crippen LogP contribution in [0.5, 0.6) is 0 Å². The molecule has 2 N–H and O–H groups in total. The van der Waals surface area contributed by atoms with Crippen LogP contribution in [0.4, 0.5) is 0 Å². The van der Waals surface area contributed by atoms with Crippen LogP contribution in [-0.4, -0.2) is 56.4 Å². The van der Waals surface area contributed by atoms with E-state index >= 15 is 0 Å². The Morgan fingerprint density at radius 2 is 1.94 bits per heavy atom. The van der Waals surface area contributed by atoms with Crippen molar-refractivity contribution in [3.05, 3.63) is 78.0 Å². The molecule has 1 saturated heterocycles. The Labute approximate surface area is 209 Å². The number of nitrogens with one attached hydrogen (secondary N) is 2. The van der Waals surface area contributed by atoms with Gasteiger partial charge in [0.05, 0.1) is 18.4 Å². The molecule has 4 heterocycles. The standard InChI is InChI=1S/C24H23ClN6O3S/c1-14-11-16(15(2)30(14)18-5-3-17(25)4-6-18)12-19-22(26)31-24(27-23(19)33)35-20(28-31)13-21(32)29-7-9-34-10-8-29/h3-6,11-13,26,28H,7-10H2,1-2H3/b19-12+,20-13+,26-22?. The number of aromatic amines is 1. The number of rotatable bonds is 3. The summed E-state index contributed by atoms with van der Waals surface area (Å²) >= 11 is 7.19. The molecule has 0 aliphatic carbocycles. The molecule has 0 unspecified atom stereocenters. The van der Waals surface area contributed by atoms with Gasteiger partial charge in [-0.15, -0.1) is 0 Å². The lowest BCUT2D eigenvalue weighted by Crippen LogP contribution is -2.47. The summed E-state index contributed by atoms with van der Waals surface area (Å²) in [6, 6.07) is 9.49. The summed E-state index contributed by atoms with van der Waals surface area (Å²) in [5.41, 5.74) is 3.16. The highest BCUT2D eigenvalue weighted by Gasteiger charge is 2.17. The molecule has 2 aromatic rings. The first-order valence-electron chi connectivity index (χ1n) is 11.0. The normalized spacial score (nSPS) is 15.3. The number of morpholine rings is 1. The molecule has 3 aliphatic heterocycles. The van der Waals surface area contributed by atoms with Crippen LogP contribution in [0.1, 0.15) is 17.0 Å². The Hall–Kier alpha value is -3.47. The zero-order valence-corrected chi connectivity index (χ0v) is 20.7. The second-order valence-electron chi connectivity index (χ2n) is 8.24. The number of benzene rings is 1. The Bertz CT molecular complexity index is 1620. The smallest absolute Gasteiger partial charge is 0.283 e. The van der Waals surface area contributed by atoms with Gasteiger partial charge in [-0.25, -0.2) is 4.68 Å². The monoisotopic (exact) mass is 510 g/mol. The lowest BCUT2D eigenvalue weighted by Gasteiger charge is -2.25. The number of fused-ring (bicyclic) bond motifs is 1. The minimum atomic E-state index is -0.493. The second-order valence-corrected chi connectivity index (χ2v) is 9.69. The molecule has 35 heavy (non-hydrogen) atoms. The Morgan fingerprint density at radius 1 is 1.23 bits per heavy atom. The van der Waals surface area contributed by atoms with Gasteiger partial charge in [-0.05, 0) is 55.8 Å². The summed E-state index contributed by atoms with van der Waals surface area (Å²) in [6.45, 7) is 6.04. The molecule has 180 valence electrons. The molecule has 0 bridgehead atoms. The quantitative estimate of drug-likeness (QED) is 0.429. The fourth-order valence-electron chi connectivity index (χ4n) is 4.17. The molecule has 0 radical (unpaired) electrons. The van der Waals surface area contributed by atoms with Gasteiger partial charge in [0.25, 0.3) is 5.56 Å². The predicted molar refractivity (Wildman–Crippen MR) is 134 cm³/mol. The molecular formula is C24H23ClN6O3S. The average Bonchev–Trinajstić information content (AvgIpc) is 3.37. The molecule has 1 amide bonds. The van der Waals surface area contributed by atoms with Crippen molar-refractivity contribution in [3.8, 4) is 10.8 Å². The summed E-state index contributed by atoms with van der Waals surface area (Å²) in [7, 11) is 0. The minimum absolute atomic E-state index is 0.0222. The fourth-order valence-corrected chi connectivity index (χ4v) is 5.15. The van der Waals surface area contributed by atoms with Gasteiger partial charge in [-0.3, -0.25) is 20.1 Å². The number of aryl methyl sites for hydroxylation is 1. The van der Waals surface area contributed by atoms with Crippen molar-refractivity contribution in [1.29, 1.82) is 5.41 Å². The van der Waals surface area contributed by atoms with Crippen molar-refractivity contribution in [2.24, 2.45) is 0 Å². The third-order valence-corrected chi connectivity index (χ3v) is 7.09. The molecular weight excluding hydrogens is 488 g/mol. The lowest BCUT2D eigenvalue weighted by molar-refractivity contribution is -0.128. The highest BCUT2D eigenvalue weighted by molar-refractivity contribution is 7.11. The molecule has 1 aromatic heterocycles. The van der Waals surface area contributed by atoms with Crippen LogP contribution in [0.2, 0.25) is 5.02 Å². The number of H-pyrrole nitrogens is 1. The van der Waals surface area contributed by atoms with E-state index in [9.17, 15) is 9.59 Å². The van der Waals surface area contributed by atoms with Crippen LogP contribution in [0.25, 0.3) is 23.0 Å². The van der Waals surface area contributed by atoms with Gasteiger partial charge in [-0.1, -0.05) is 22.9 Å². The van der Waals surface area contributed by atoms with E-state index in [4.69, 9.17) is 21.7 Å². The zero-order valence-electron chi connectivity index (χ0n) is 19.2. The van der Waals surface area contributed by atoms with E-state index in [-0.39, 0.29) is 16.6 Å². The third-order valence-electron chi connectivity index (χ3n) is 5.95. The Morgan fingerprint density at radius 3 is 2.66 bits per heavy atom. The number of aromatic nitrogens is 4. The lowest BCUT2D eigenvalue weighted by atomic mass is 10.2. The van der Waals surface area contributed by atoms with Crippen molar-refractivity contribution >= 4 is 41.0 Å². The first-order valence-corrected chi connectivity index (χ1v) is 12.2. The molecule has 11 heteroatoms. The number of carbonyl (C=O) groups excluding carboxylic acids is 1. The minimum Gasteiger partial charge on any atom is -0.378 e. The first-order chi connectivity index (χ1) is 16.8. The van der Waals surface area contributed by atoms with Crippen molar-refractivity contribution in [3.63, 3.8) is 0 Å². The molecule has 9 nitrogen and oxygen atoms in total. The van der Waals surface area contributed by atoms with Gasteiger partial charge in [-0.2, -0.15) is 4.98 Å². The SMILES string of the molecule is Cc1cc(/C=c2/c(=O)nc3s/c(=C/C(=O)N4CCOCC4)[nH]n-3c2=N)c(C)n1-c1ccc(Cl)cc1. The summed E-state index contributed by atoms with van der Waals surface area (Å²) in [5, 5.41) is 12.8. The van der Waals surface area contributed by atoms with E-state index in [0.717, 1.165) is 34.0 Å². The van der Waals surface area contributed by atoms with E-state index in [1.165, 1.54) is 10.8 Å². The highest BCUT2D eigenvalue weighted by atomic mass is 35.5. The molecule has 0 saturated carbocycles. The molecule has 5 rings (SSSR count). The Kier molecular flexibility index (Phi) is 6.18. The van der Waals surface area contributed by atoms with Crippen LogP contribution in [0, 0.1) is 19.3 Å². The van der Waals surface area contributed by atoms with Crippen LogP contribution < -0.4 is 20.9 Å². The topological polar surface area (TPSA) is 109 Å². The van der Waals surface area contributed by atoms with Gasteiger partial charge < -0.3 is 14.2 Å². The predicted octanol–water partition coefficient (Wildman–Crippen LogP) is 1.07. The molecule has 3 aliphatic rings. The van der Waals surface area contributed by atoms with Crippen LogP contribution in [0.15, 0.2) is 35.1 Å². The third kappa shape index (κ3) is 4.47. The van der Waals surface area contributed by atoms with E-state index in [1.807, 2.05) is 44.2 Å². The van der Waals surface area contributed by atoms with E-state index in [2.05, 4.69) is 14.6 Å². The molecule has 0 spiro atoms. The van der Waals surface area contributed by atoms with Crippen LogP contribution >= 0.6 is 22.9 Å². The number of nitrogens with zero attached hydrogens (tertiary/aromatic N) is 4. The number of amides is 1.